The van der Waals surface area contributed by atoms with Crippen molar-refractivity contribution in [3.8, 4) is 11.5 Å². The van der Waals surface area contributed by atoms with E-state index in [1.807, 2.05) is 24.3 Å². The van der Waals surface area contributed by atoms with Crippen LogP contribution in [0, 0.1) is 0 Å². The zero-order valence-electron chi connectivity index (χ0n) is 17.8. The number of halogens is 1. The first-order chi connectivity index (χ1) is 15.4. The lowest BCUT2D eigenvalue weighted by molar-refractivity contribution is -0.139. The molecule has 1 unspecified atom stereocenters. The van der Waals surface area contributed by atoms with Crippen molar-refractivity contribution in [2.75, 3.05) is 7.11 Å². The number of ether oxygens (including phenoxy) is 2. The van der Waals surface area contributed by atoms with Gasteiger partial charge in [-0.1, -0.05) is 28.1 Å². The first kappa shape index (κ1) is 22.3. The first-order valence-corrected chi connectivity index (χ1v) is 11.5. The van der Waals surface area contributed by atoms with Gasteiger partial charge in [-0.3, -0.25) is 19.3 Å². The highest BCUT2D eigenvalue weighted by molar-refractivity contribution is 9.10. The summed E-state index contributed by atoms with van der Waals surface area (Å²) in [6, 6.07) is 11.5. The number of hydrogen-bond acceptors (Lipinski definition) is 5. The summed E-state index contributed by atoms with van der Waals surface area (Å²) in [6.07, 6.45) is 4.27. The molecule has 7 nitrogen and oxygen atoms in total. The normalized spacial score (nSPS) is 18.8. The minimum atomic E-state index is -0.886. The van der Waals surface area contributed by atoms with Crippen LogP contribution in [-0.2, 0) is 16.1 Å². The van der Waals surface area contributed by atoms with Gasteiger partial charge < -0.3 is 14.8 Å². The monoisotopic (exact) mass is 500 g/mol. The molecule has 2 aliphatic rings. The van der Waals surface area contributed by atoms with Crippen molar-refractivity contribution in [2.45, 2.75) is 50.8 Å². The number of carbonyl (C=O) groups is 3. The molecule has 1 aliphatic carbocycles. The third-order valence-corrected chi connectivity index (χ3v) is 6.29. The minimum absolute atomic E-state index is 0.0554. The molecule has 2 aromatic rings. The molecule has 1 heterocycles. The Balaban J connectivity index is 1.44. The van der Waals surface area contributed by atoms with Gasteiger partial charge in [-0.15, -0.1) is 0 Å². The number of likely N-dealkylation sites (tertiary alicyclic amines) is 1. The second kappa shape index (κ2) is 9.73. The van der Waals surface area contributed by atoms with E-state index in [-0.39, 0.29) is 25.0 Å². The average Bonchev–Trinajstić information content (AvgIpc) is 3.37. The maximum atomic E-state index is 12.9. The van der Waals surface area contributed by atoms with Crippen LogP contribution in [0.4, 0.5) is 0 Å². The van der Waals surface area contributed by atoms with E-state index in [4.69, 9.17) is 9.47 Å². The van der Waals surface area contributed by atoms with Gasteiger partial charge in [-0.2, -0.15) is 0 Å². The number of hydrogen-bond donors (Lipinski definition) is 1. The van der Waals surface area contributed by atoms with E-state index < -0.39 is 17.9 Å². The number of benzene rings is 2. The standard InChI is InChI=1S/C24H25BrN2O5/c1-31-20-10-9-16(12-21(20)32-18-7-2-3-8-18)23(29)26-19-13-22(28)27(24(19)30)14-15-5-4-6-17(25)11-15/h4-6,9-12,18-19H,2-3,7-8,13-14H2,1H3,(H,26,29). The van der Waals surface area contributed by atoms with Gasteiger partial charge in [0, 0.05) is 10.0 Å². The number of imide groups is 1. The van der Waals surface area contributed by atoms with E-state index in [0.717, 1.165) is 35.7 Å². The van der Waals surface area contributed by atoms with Crippen molar-refractivity contribution in [1.29, 1.82) is 0 Å². The quantitative estimate of drug-likeness (QED) is 0.583. The maximum Gasteiger partial charge on any atom is 0.252 e. The Hall–Kier alpha value is -2.87. The molecule has 0 aromatic heterocycles. The fraction of sp³-hybridized carbons (Fsp3) is 0.375. The first-order valence-electron chi connectivity index (χ1n) is 10.7. The summed E-state index contributed by atoms with van der Waals surface area (Å²) < 4.78 is 12.3. The Kier molecular flexibility index (Phi) is 6.79. The van der Waals surface area contributed by atoms with Crippen LogP contribution in [0.15, 0.2) is 46.9 Å². The van der Waals surface area contributed by atoms with Crippen molar-refractivity contribution in [2.24, 2.45) is 0 Å². The van der Waals surface area contributed by atoms with Crippen molar-refractivity contribution < 1.29 is 23.9 Å². The molecule has 32 heavy (non-hydrogen) atoms. The van der Waals surface area contributed by atoms with Crippen molar-refractivity contribution in [3.63, 3.8) is 0 Å². The summed E-state index contributed by atoms with van der Waals surface area (Å²) >= 11 is 3.39. The number of nitrogens with one attached hydrogen (secondary N) is 1. The van der Waals surface area contributed by atoms with Crippen LogP contribution in [0.25, 0.3) is 0 Å². The zero-order valence-corrected chi connectivity index (χ0v) is 19.4. The molecule has 0 bridgehead atoms. The van der Waals surface area contributed by atoms with Crippen LogP contribution >= 0.6 is 15.9 Å². The zero-order chi connectivity index (χ0) is 22.7. The van der Waals surface area contributed by atoms with Gasteiger partial charge in [0.15, 0.2) is 11.5 Å². The van der Waals surface area contributed by atoms with E-state index in [0.29, 0.717) is 17.1 Å². The predicted octanol–water partition coefficient (Wildman–Crippen LogP) is 3.84. The Morgan fingerprint density at radius 1 is 1.12 bits per heavy atom. The van der Waals surface area contributed by atoms with E-state index in [9.17, 15) is 14.4 Å². The SMILES string of the molecule is COc1ccc(C(=O)NC2CC(=O)N(Cc3cccc(Br)c3)C2=O)cc1OC1CCCC1. The van der Waals surface area contributed by atoms with Crippen molar-refractivity contribution >= 4 is 33.7 Å². The van der Waals surface area contributed by atoms with Gasteiger partial charge in [-0.05, 0) is 61.6 Å². The third-order valence-electron chi connectivity index (χ3n) is 5.80. The lowest BCUT2D eigenvalue weighted by Gasteiger charge is -2.18. The van der Waals surface area contributed by atoms with E-state index in [1.165, 1.54) is 4.90 Å². The molecule has 0 radical (unpaired) electrons. The second-order valence-corrected chi connectivity index (χ2v) is 8.98. The Labute approximate surface area is 195 Å². The minimum Gasteiger partial charge on any atom is -0.493 e. The second-order valence-electron chi connectivity index (χ2n) is 8.07. The lowest BCUT2D eigenvalue weighted by atomic mass is 10.1. The van der Waals surface area contributed by atoms with Gasteiger partial charge in [0.25, 0.3) is 11.8 Å². The van der Waals surface area contributed by atoms with E-state index >= 15 is 0 Å². The van der Waals surface area contributed by atoms with Crippen LogP contribution in [0.3, 0.4) is 0 Å². The molecule has 1 saturated heterocycles. The Morgan fingerprint density at radius 3 is 2.62 bits per heavy atom. The van der Waals surface area contributed by atoms with Gasteiger partial charge in [0.2, 0.25) is 5.91 Å². The number of rotatable bonds is 7. The van der Waals surface area contributed by atoms with Crippen molar-refractivity contribution in [1.82, 2.24) is 10.2 Å². The van der Waals surface area contributed by atoms with Crippen LogP contribution < -0.4 is 14.8 Å². The fourth-order valence-corrected chi connectivity index (χ4v) is 4.56. The molecule has 3 amide bonds. The topological polar surface area (TPSA) is 84.9 Å². The molecule has 2 fully saturated rings. The summed E-state index contributed by atoms with van der Waals surface area (Å²) in [6.45, 7) is 0.172. The average molecular weight is 501 g/mol. The van der Waals surface area contributed by atoms with Gasteiger partial charge in [0.1, 0.15) is 6.04 Å². The van der Waals surface area contributed by atoms with Crippen LogP contribution in [0.2, 0.25) is 0 Å². The fourth-order valence-electron chi connectivity index (χ4n) is 4.12. The predicted molar refractivity (Wildman–Crippen MR) is 121 cm³/mol. The summed E-state index contributed by atoms with van der Waals surface area (Å²) in [4.78, 5) is 39.3. The third kappa shape index (κ3) is 4.96. The van der Waals surface area contributed by atoms with Crippen LogP contribution in [0.5, 0.6) is 11.5 Å². The number of carbonyl (C=O) groups excluding carboxylic acids is 3. The molecule has 8 heteroatoms. The Morgan fingerprint density at radius 2 is 1.91 bits per heavy atom. The highest BCUT2D eigenvalue weighted by atomic mass is 79.9. The largest absolute Gasteiger partial charge is 0.493 e. The molecular weight excluding hydrogens is 476 g/mol. The summed E-state index contributed by atoms with van der Waals surface area (Å²) in [5.74, 6) is -0.0724. The highest BCUT2D eigenvalue weighted by Crippen LogP contribution is 2.32. The summed E-state index contributed by atoms with van der Waals surface area (Å²) in [7, 11) is 1.55. The van der Waals surface area contributed by atoms with Gasteiger partial charge in [-0.25, -0.2) is 0 Å². The summed E-state index contributed by atoms with van der Waals surface area (Å²) in [5.41, 5.74) is 1.18. The lowest BCUT2D eigenvalue weighted by Crippen LogP contribution is -2.41. The molecule has 1 aliphatic heterocycles. The molecule has 4 rings (SSSR count). The van der Waals surface area contributed by atoms with Gasteiger partial charge in [0.05, 0.1) is 26.2 Å². The van der Waals surface area contributed by atoms with Crippen LogP contribution in [-0.4, -0.2) is 41.9 Å². The molecule has 0 spiro atoms. The summed E-state index contributed by atoms with van der Waals surface area (Å²) in [5, 5.41) is 2.70. The maximum absolute atomic E-state index is 12.9. The van der Waals surface area contributed by atoms with E-state index in [1.54, 1.807) is 25.3 Å². The molecule has 1 saturated carbocycles. The van der Waals surface area contributed by atoms with Gasteiger partial charge >= 0.3 is 0 Å². The number of methoxy groups -OCH3 is 1. The highest BCUT2D eigenvalue weighted by Gasteiger charge is 2.39. The molecule has 168 valence electrons. The van der Waals surface area contributed by atoms with Crippen molar-refractivity contribution in [3.05, 3.63) is 58.1 Å². The molecule has 1 N–H and O–H groups in total. The molecule has 2 aromatic carbocycles. The smallest absolute Gasteiger partial charge is 0.252 e. The Bertz CT molecular complexity index is 1030. The molecule has 1 atom stereocenters. The number of amides is 3. The van der Waals surface area contributed by atoms with Crippen LogP contribution in [0.1, 0.15) is 48.0 Å². The number of nitrogens with zero attached hydrogens (tertiary/aromatic N) is 1. The molecular formula is C24H25BrN2O5. The van der Waals surface area contributed by atoms with E-state index in [2.05, 4.69) is 21.2 Å².